The third-order valence-electron chi connectivity index (χ3n) is 5.17. The SMILES string of the molecule is C[C@H]1CCC[C@H](N2CCN(c3ccc([N+](=O)[O-])cc3)CC2)C1. The number of nitro benzene ring substituents is 1. The third-order valence-corrected chi connectivity index (χ3v) is 5.17. The van der Waals surface area contributed by atoms with Gasteiger partial charge in [0.15, 0.2) is 0 Å². The molecule has 5 nitrogen and oxygen atoms in total. The minimum absolute atomic E-state index is 0.165. The monoisotopic (exact) mass is 303 g/mol. The van der Waals surface area contributed by atoms with Crippen LogP contribution in [0.1, 0.15) is 32.6 Å². The Morgan fingerprint density at radius 1 is 1.09 bits per heavy atom. The molecule has 22 heavy (non-hydrogen) atoms. The highest BCUT2D eigenvalue weighted by Gasteiger charge is 2.27. The van der Waals surface area contributed by atoms with Crippen molar-refractivity contribution in [2.45, 2.75) is 38.6 Å². The molecule has 0 amide bonds. The Hall–Kier alpha value is -1.62. The Labute approximate surface area is 132 Å². The summed E-state index contributed by atoms with van der Waals surface area (Å²) in [6, 6.07) is 7.71. The average molecular weight is 303 g/mol. The first-order valence-electron chi connectivity index (χ1n) is 8.37. The Kier molecular flexibility index (Phi) is 4.62. The van der Waals surface area contributed by atoms with Gasteiger partial charge in [0.05, 0.1) is 4.92 Å². The largest absolute Gasteiger partial charge is 0.369 e. The Morgan fingerprint density at radius 3 is 2.36 bits per heavy atom. The lowest BCUT2D eigenvalue weighted by molar-refractivity contribution is -0.384. The molecule has 1 saturated heterocycles. The summed E-state index contributed by atoms with van der Waals surface area (Å²) in [6.45, 7) is 6.62. The minimum Gasteiger partial charge on any atom is -0.369 e. The van der Waals surface area contributed by atoms with Gasteiger partial charge in [-0.2, -0.15) is 0 Å². The molecule has 2 aliphatic rings. The van der Waals surface area contributed by atoms with Gasteiger partial charge in [0, 0.05) is 50.0 Å². The number of rotatable bonds is 3. The maximum Gasteiger partial charge on any atom is 0.269 e. The summed E-state index contributed by atoms with van der Waals surface area (Å²) in [6.07, 6.45) is 5.45. The lowest BCUT2D eigenvalue weighted by atomic mass is 9.86. The Balaban J connectivity index is 1.56. The zero-order valence-corrected chi connectivity index (χ0v) is 13.3. The molecule has 0 bridgehead atoms. The second-order valence-electron chi connectivity index (χ2n) is 6.72. The quantitative estimate of drug-likeness (QED) is 0.635. The van der Waals surface area contributed by atoms with Crippen LogP contribution in [-0.4, -0.2) is 42.0 Å². The summed E-state index contributed by atoms with van der Waals surface area (Å²) in [5.74, 6) is 0.867. The molecule has 3 rings (SSSR count). The van der Waals surface area contributed by atoms with Crippen molar-refractivity contribution in [2.24, 2.45) is 5.92 Å². The number of hydrogen-bond acceptors (Lipinski definition) is 4. The summed E-state index contributed by atoms with van der Waals surface area (Å²) in [5, 5.41) is 10.7. The van der Waals surface area contributed by atoms with Gasteiger partial charge in [-0.3, -0.25) is 15.0 Å². The van der Waals surface area contributed by atoms with Crippen LogP contribution in [0.3, 0.4) is 0 Å². The van der Waals surface area contributed by atoms with E-state index in [-0.39, 0.29) is 10.6 Å². The number of anilines is 1. The van der Waals surface area contributed by atoms with Crippen LogP contribution in [0.4, 0.5) is 11.4 Å². The molecule has 5 heteroatoms. The predicted molar refractivity (Wildman–Crippen MR) is 88.3 cm³/mol. The molecule has 1 aromatic rings. The molecular formula is C17H25N3O2. The van der Waals surface area contributed by atoms with Crippen molar-refractivity contribution in [2.75, 3.05) is 31.1 Å². The average Bonchev–Trinajstić information content (AvgIpc) is 2.55. The van der Waals surface area contributed by atoms with Crippen LogP contribution in [0.5, 0.6) is 0 Å². The van der Waals surface area contributed by atoms with Crippen LogP contribution in [0.15, 0.2) is 24.3 Å². The van der Waals surface area contributed by atoms with Gasteiger partial charge in [-0.15, -0.1) is 0 Å². The van der Waals surface area contributed by atoms with Crippen molar-refractivity contribution in [3.8, 4) is 0 Å². The molecule has 1 saturated carbocycles. The Bertz CT molecular complexity index is 509. The summed E-state index contributed by atoms with van der Waals surface area (Å²) in [4.78, 5) is 15.4. The second-order valence-corrected chi connectivity index (χ2v) is 6.72. The van der Waals surface area contributed by atoms with Gasteiger partial charge in [0.1, 0.15) is 0 Å². The molecule has 1 heterocycles. The second kappa shape index (κ2) is 6.65. The van der Waals surface area contributed by atoms with Gasteiger partial charge in [-0.1, -0.05) is 19.8 Å². The fraction of sp³-hybridized carbons (Fsp3) is 0.647. The molecule has 120 valence electrons. The fourth-order valence-electron chi connectivity index (χ4n) is 3.86. The van der Waals surface area contributed by atoms with Crippen molar-refractivity contribution in [3.63, 3.8) is 0 Å². The summed E-state index contributed by atoms with van der Waals surface area (Å²) in [7, 11) is 0. The molecule has 2 fully saturated rings. The highest BCUT2D eigenvalue weighted by atomic mass is 16.6. The maximum atomic E-state index is 10.7. The summed E-state index contributed by atoms with van der Waals surface area (Å²) < 4.78 is 0. The molecule has 0 spiro atoms. The van der Waals surface area contributed by atoms with E-state index in [1.807, 2.05) is 12.1 Å². The van der Waals surface area contributed by atoms with Crippen LogP contribution in [0.25, 0.3) is 0 Å². The molecule has 0 N–H and O–H groups in total. The standard InChI is InChI=1S/C17H25N3O2/c1-14-3-2-4-17(13-14)19-11-9-18(10-12-19)15-5-7-16(8-6-15)20(21)22/h5-8,14,17H,2-4,9-13H2,1H3/t14-,17-/m0/s1. The highest BCUT2D eigenvalue weighted by Crippen LogP contribution is 2.28. The van der Waals surface area contributed by atoms with Crippen molar-refractivity contribution >= 4 is 11.4 Å². The molecule has 1 aliphatic carbocycles. The van der Waals surface area contributed by atoms with E-state index in [9.17, 15) is 10.1 Å². The van der Waals surface area contributed by atoms with Crippen LogP contribution in [0, 0.1) is 16.0 Å². The van der Waals surface area contributed by atoms with Crippen molar-refractivity contribution < 1.29 is 4.92 Å². The molecule has 0 unspecified atom stereocenters. The topological polar surface area (TPSA) is 49.6 Å². The van der Waals surface area contributed by atoms with E-state index < -0.39 is 0 Å². The Morgan fingerprint density at radius 2 is 1.77 bits per heavy atom. The van der Waals surface area contributed by atoms with Gasteiger partial charge in [0.2, 0.25) is 0 Å². The minimum atomic E-state index is -0.341. The number of nitrogens with zero attached hydrogens (tertiary/aromatic N) is 3. The van der Waals surface area contributed by atoms with Gasteiger partial charge in [0.25, 0.3) is 5.69 Å². The molecule has 0 aromatic heterocycles. The van der Waals surface area contributed by atoms with E-state index >= 15 is 0 Å². The lowest BCUT2D eigenvalue weighted by Crippen LogP contribution is -2.51. The zero-order valence-electron chi connectivity index (χ0n) is 13.3. The summed E-state index contributed by atoms with van der Waals surface area (Å²) in [5.41, 5.74) is 1.26. The number of non-ortho nitro benzene ring substituents is 1. The van der Waals surface area contributed by atoms with Crippen molar-refractivity contribution in [3.05, 3.63) is 34.4 Å². The van der Waals surface area contributed by atoms with E-state index in [2.05, 4.69) is 16.7 Å². The van der Waals surface area contributed by atoms with E-state index in [1.165, 1.54) is 25.7 Å². The first-order valence-corrected chi connectivity index (χ1v) is 8.37. The van der Waals surface area contributed by atoms with Crippen molar-refractivity contribution in [1.82, 2.24) is 4.90 Å². The van der Waals surface area contributed by atoms with E-state index in [4.69, 9.17) is 0 Å². The van der Waals surface area contributed by atoms with Gasteiger partial charge in [-0.05, 0) is 30.9 Å². The normalized spacial score (nSPS) is 26.9. The van der Waals surface area contributed by atoms with E-state index in [0.717, 1.165) is 43.8 Å². The number of nitro groups is 1. The van der Waals surface area contributed by atoms with Crippen LogP contribution >= 0.6 is 0 Å². The molecule has 1 aliphatic heterocycles. The number of benzene rings is 1. The van der Waals surface area contributed by atoms with Crippen LogP contribution in [-0.2, 0) is 0 Å². The van der Waals surface area contributed by atoms with Crippen LogP contribution < -0.4 is 4.90 Å². The zero-order chi connectivity index (χ0) is 15.5. The first kappa shape index (κ1) is 15.3. The highest BCUT2D eigenvalue weighted by molar-refractivity contribution is 5.51. The van der Waals surface area contributed by atoms with Gasteiger partial charge < -0.3 is 4.90 Å². The maximum absolute atomic E-state index is 10.7. The number of piperazine rings is 1. The molecular weight excluding hydrogens is 278 g/mol. The van der Waals surface area contributed by atoms with E-state index in [0.29, 0.717) is 0 Å². The first-order chi connectivity index (χ1) is 10.6. The fourth-order valence-corrected chi connectivity index (χ4v) is 3.86. The van der Waals surface area contributed by atoms with Gasteiger partial charge >= 0.3 is 0 Å². The van der Waals surface area contributed by atoms with Crippen LogP contribution in [0.2, 0.25) is 0 Å². The predicted octanol–water partition coefficient (Wildman–Crippen LogP) is 3.30. The molecule has 1 aromatic carbocycles. The lowest BCUT2D eigenvalue weighted by Gasteiger charge is -2.42. The smallest absolute Gasteiger partial charge is 0.269 e. The van der Waals surface area contributed by atoms with Gasteiger partial charge in [-0.25, -0.2) is 0 Å². The molecule has 0 radical (unpaired) electrons. The van der Waals surface area contributed by atoms with Crippen molar-refractivity contribution in [1.29, 1.82) is 0 Å². The third kappa shape index (κ3) is 3.40. The molecule has 2 atom stereocenters. The summed E-state index contributed by atoms with van der Waals surface area (Å²) >= 11 is 0. The van der Waals surface area contributed by atoms with E-state index in [1.54, 1.807) is 12.1 Å². The number of hydrogen-bond donors (Lipinski definition) is 0.